The molecule has 3 rings (SSSR count). The third kappa shape index (κ3) is 2.92. The van der Waals surface area contributed by atoms with Gasteiger partial charge in [0.1, 0.15) is 5.01 Å². The molecule has 1 aromatic carbocycles. The predicted molar refractivity (Wildman–Crippen MR) is 83.2 cm³/mol. The molecule has 5 heteroatoms. The molecule has 0 unspecified atom stereocenters. The van der Waals surface area contributed by atoms with Crippen molar-refractivity contribution in [2.45, 2.75) is 19.3 Å². The molecule has 3 aromatic rings. The van der Waals surface area contributed by atoms with E-state index in [1.54, 1.807) is 11.3 Å². The predicted octanol–water partition coefficient (Wildman–Crippen LogP) is 4.10. The molecule has 0 aliphatic carbocycles. The van der Waals surface area contributed by atoms with Gasteiger partial charge in [-0.15, -0.1) is 22.9 Å². The summed E-state index contributed by atoms with van der Waals surface area (Å²) < 4.78 is 1.94. The minimum absolute atomic E-state index is 0.466. The molecular weight excluding hydrogens is 290 g/mol. The van der Waals surface area contributed by atoms with Crippen molar-refractivity contribution in [3.63, 3.8) is 0 Å². The average Bonchev–Trinajstić information content (AvgIpc) is 3.09. The van der Waals surface area contributed by atoms with Crippen LogP contribution < -0.4 is 0 Å². The van der Waals surface area contributed by atoms with E-state index in [0.29, 0.717) is 5.88 Å². The van der Waals surface area contributed by atoms with Crippen molar-refractivity contribution < 1.29 is 0 Å². The number of hydrogen-bond donors (Lipinski definition) is 0. The van der Waals surface area contributed by atoms with Crippen LogP contribution in [0.1, 0.15) is 17.0 Å². The van der Waals surface area contributed by atoms with Gasteiger partial charge in [0.15, 0.2) is 0 Å². The lowest BCUT2D eigenvalue weighted by atomic mass is 10.1. The second-order valence-electron chi connectivity index (χ2n) is 4.63. The number of rotatable bonds is 4. The molecule has 0 aliphatic rings. The van der Waals surface area contributed by atoms with E-state index in [0.717, 1.165) is 28.5 Å². The van der Waals surface area contributed by atoms with E-state index < -0.39 is 0 Å². The quantitative estimate of drug-likeness (QED) is 0.679. The molecule has 3 nitrogen and oxygen atoms in total. The Morgan fingerprint density at radius 1 is 1.20 bits per heavy atom. The summed E-state index contributed by atoms with van der Waals surface area (Å²) in [5, 5.41) is 7.41. The normalized spacial score (nSPS) is 10.9. The Bertz CT molecular complexity index is 700. The molecular formula is C15H14ClN3S. The molecule has 2 aromatic heterocycles. The molecule has 20 heavy (non-hydrogen) atoms. The lowest BCUT2D eigenvalue weighted by Crippen LogP contribution is -2.00. The first kappa shape index (κ1) is 13.3. The number of aryl methyl sites for hydroxylation is 1. The van der Waals surface area contributed by atoms with Gasteiger partial charge in [0.05, 0.1) is 23.8 Å². The number of halogens is 1. The minimum atomic E-state index is 0.466. The Morgan fingerprint density at radius 3 is 2.60 bits per heavy atom. The van der Waals surface area contributed by atoms with Crippen LogP contribution in [0.3, 0.4) is 0 Å². The Kier molecular flexibility index (Phi) is 3.85. The SMILES string of the molecule is Cc1ccn(Cc2ccc(-c3nc(CCl)cs3)cc2)n1. The highest BCUT2D eigenvalue weighted by Crippen LogP contribution is 2.24. The topological polar surface area (TPSA) is 30.7 Å². The van der Waals surface area contributed by atoms with Gasteiger partial charge in [0, 0.05) is 17.1 Å². The zero-order valence-electron chi connectivity index (χ0n) is 11.1. The van der Waals surface area contributed by atoms with Crippen LogP contribution in [0.25, 0.3) is 10.6 Å². The van der Waals surface area contributed by atoms with Crippen molar-refractivity contribution in [1.82, 2.24) is 14.8 Å². The van der Waals surface area contributed by atoms with Crippen molar-refractivity contribution in [2.75, 3.05) is 0 Å². The molecule has 0 atom stereocenters. The van der Waals surface area contributed by atoms with Crippen LogP contribution in [0.5, 0.6) is 0 Å². The monoisotopic (exact) mass is 303 g/mol. The minimum Gasteiger partial charge on any atom is -0.268 e. The average molecular weight is 304 g/mol. The van der Waals surface area contributed by atoms with Crippen LogP contribution in [0, 0.1) is 6.92 Å². The van der Waals surface area contributed by atoms with Gasteiger partial charge in [0.2, 0.25) is 0 Å². The first-order chi connectivity index (χ1) is 9.74. The van der Waals surface area contributed by atoms with Gasteiger partial charge in [-0.1, -0.05) is 24.3 Å². The van der Waals surface area contributed by atoms with Crippen molar-refractivity contribution in [3.05, 3.63) is 58.9 Å². The summed E-state index contributed by atoms with van der Waals surface area (Å²) in [7, 11) is 0. The number of alkyl halides is 1. The summed E-state index contributed by atoms with van der Waals surface area (Å²) in [6.07, 6.45) is 2.00. The standard InChI is InChI=1S/C15H14ClN3S/c1-11-6-7-19(18-11)9-12-2-4-13(5-3-12)15-17-14(8-16)10-20-15/h2-7,10H,8-9H2,1H3. The largest absolute Gasteiger partial charge is 0.268 e. The lowest BCUT2D eigenvalue weighted by molar-refractivity contribution is 0.679. The highest BCUT2D eigenvalue weighted by atomic mass is 35.5. The number of thiazole rings is 1. The zero-order chi connectivity index (χ0) is 13.9. The maximum Gasteiger partial charge on any atom is 0.123 e. The molecule has 0 N–H and O–H groups in total. The fourth-order valence-corrected chi connectivity index (χ4v) is 3.05. The Hall–Kier alpha value is -1.65. The third-order valence-corrected chi connectivity index (χ3v) is 4.22. The molecule has 0 radical (unpaired) electrons. The summed E-state index contributed by atoms with van der Waals surface area (Å²) in [5.74, 6) is 0.466. The second-order valence-corrected chi connectivity index (χ2v) is 5.75. The third-order valence-electron chi connectivity index (χ3n) is 3.01. The van der Waals surface area contributed by atoms with Crippen LogP contribution in [0.4, 0.5) is 0 Å². The van der Waals surface area contributed by atoms with Crippen molar-refractivity contribution >= 4 is 22.9 Å². The first-order valence-corrected chi connectivity index (χ1v) is 7.76. The van der Waals surface area contributed by atoms with E-state index in [1.165, 1.54) is 5.56 Å². The number of hydrogen-bond acceptors (Lipinski definition) is 3. The van der Waals surface area contributed by atoms with Crippen LogP contribution in [0.15, 0.2) is 41.9 Å². The van der Waals surface area contributed by atoms with Gasteiger partial charge in [-0.2, -0.15) is 5.10 Å². The van der Waals surface area contributed by atoms with Gasteiger partial charge < -0.3 is 0 Å². The molecule has 2 heterocycles. The van der Waals surface area contributed by atoms with Crippen LogP contribution >= 0.6 is 22.9 Å². The molecule has 102 valence electrons. The van der Waals surface area contributed by atoms with Gasteiger partial charge in [-0.25, -0.2) is 4.98 Å². The smallest absolute Gasteiger partial charge is 0.123 e. The summed E-state index contributed by atoms with van der Waals surface area (Å²) in [6, 6.07) is 10.4. The van der Waals surface area contributed by atoms with E-state index in [-0.39, 0.29) is 0 Å². The zero-order valence-corrected chi connectivity index (χ0v) is 12.7. The van der Waals surface area contributed by atoms with E-state index in [4.69, 9.17) is 11.6 Å². The Labute approximate surface area is 126 Å². The fourth-order valence-electron chi connectivity index (χ4n) is 1.99. The van der Waals surface area contributed by atoms with Gasteiger partial charge in [-0.05, 0) is 18.6 Å². The number of aromatic nitrogens is 3. The highest BCUT2D eigenvalue weighted by molar-refractivity contribution is 7.13. The summed E-state index contributed by atoms with van der Waals surface area (Å²) in [4.78, 5) is 4.48. The Balaban J connectivity index is 1.77. The maximum absolute atomic E-state index is 5.78. The van der Waals surface area contributed by atoms with Crippen LogP contribution in [0.2, 0.25) is 0 Å². The van der Waals surface area contributed by atoms with E-state index >= 15 is 0 Å². The molecule has 0 spiro atoms. The molecule has 0 saturated carbocycles. The summed E-state index contributed by atoms with van der Waals surface area (Å²) in [6.45, 7) is 2.79. The molecule has 0 aliphatic heterocycles. The van der Waals surface area contributed by atoms with Gasteiger partial charge in [0.25, 0.3) is 0 Å². The molecule has 0 fully saturated rings. The van der Waals surface area contributed by atoms with Crippen molar-refractivity contribution in [3.8, 4) is 10.6 Å². The maximum atomic E-state index is 5.78. The van der Waals surface area contributed by atoms with Crippen molar-refractivity contribution in [2.24, 2.45) is 0 Å². The van der Waals surface area contributed by atoms with E-state index in [1.807, 2.05) is 29.2 Å². The van der Waals surface area contributed by atoms with Crippen molar-refractivity contribution in [1.29, 1.82) is 0 Å². The van der Waals surface area contributed by atoms with E-state index in [2.05, 4.69) is 34.3 Å². The van der Waals surface area contributed by atoms with Crippen LogP contribution in [-0.4, -0.2) is 14.8 Å². The van der Waals surface area contributed by atoms with Gasteiger partial charge in [-0.3, -0.25) is 4.68 Å². The van der Waals surface area contributed by atoms with Gasteiger partial charge >= 0.3 is 0 Å². The molecule has 0 amide bonds. The molecule has 0 bridgehead atoms. The summed E-state index contributed by atoms with van der Waals surface area (Å²) >= 11 is 7.41. The number of nitrogens with zero attached hydrogens (tertiary/aromatic N) is 3. The van der Waals surface area contributed by atoms with Crippen LogP contribution in [-0.2, 0) is 12.4 Å². The van der Waals surface area contributed by atoms with E-state index in [9.17, 15) is 0 Å². The molecule has 0 saturated heterocycles. The lowest BCUT2D eigenvalue weighted by Gasteiger charge is -2.03. The second kappa shape index (κ2) is 5.77. The first-order valence-electron chi connectivity index (χ1n) is 6.34. The summed E-state index contributed by atoms with van der Waals surface area (Å²) in [5.41, 5.74) is 4.33. The number of benzene rings is 1. The fraction of sp³-hybridized carbons (Fsp3) is 0.200. The Morgan fingerprint density at radius 2 is 2.00 bits per heavy atom. The highest BCUT2D eigenvalue weighted by Gasteiger charge is 2.04.